The number of hydrogen-bond donors (Lipinski definition) is 2. The molecule has 0 aliphatic carbocycles. The fourth-order valence-corrected chi connectivity index (χ4v) is 1.11. The molecule has 0 fully saturated rings. The van der Waals surface area contributed by atoms with Crippen LogP contribution in [0.15, 0.2) is 0 Å². The van der Waals surface area contributed by atoms with Crippen LogP contribution in [-0.2, 0) is 0 Å². The van der Waals surface area contributed by atoms with E-state index in [4.69, 9.17) is 10.2 Å². The van der Waals surface area contributed by atoms with Crippen LogP contribution in [0.3, 0.4) is 0 Å². The zero-order valence-electron chi connectivity index (χ0n) is 9.97. The maximum atomic E-state index is 8.47. The van der Waals surface area contributed by atoms with Gasteiger partial charge in [-0.2, -0.15) is 0 Å². The Kier molecular flexibility index (Phi) is 19.1. The van der Waals surface area contributed by atoms with Crippen LogP contribution in [0.2, 0.25) is 0 Å². The van der Waals surface area contributed by atoms with Crippen molar-refractivity contribution in [2.75, 3.05) is 13.2 Å². The number of aliphatic hydroxyl groups is 2. The van der Waals surface area contributed by atoms with Crippen LogP contribution in [0.5, 0.6) is 0 Å². The van der Waals surface area contributed by atoms with Crippen molar-refractivity contribution >= 4 is 37.7 Å². The quantitative estimate of drug-likeness (QED) is 0.463. The predicted octanol–water partition coefficient (Wildman–Crippen LogP) is 1.55. The summed E-state index contributed by atoms with van der Waals surface area (Å²) in [6, 6.07) is 0. The summed E-state index contributed by atoms with van der Waals surface area (Å²) in [5.74, 6) is 0. The van der Waals surface area contributed by atoms with E-state index in [0.29, 0.717) is 13.2 Å². The molecular weight excluding hydrogens is 180 g/mol. The van der Waals surface area contributed by atoms with E-state index in [-0.39, 0.29) is 40.6 Å². The normalized spacial score (nSPS) is 9.50. The van der Waals surface area contributed by atoms with E-state index >= 15 is 0 Å². The van der Waals surface area contributed by atoms with Gasteiger partial charge in [-0.25, -0.2) is 0 Å². The fourth-order valence-electron chi connectivity index (χ4n) is 1.11. The average molecular weight is 202 g/mol. The first-order valence-electron chi connectivity index (χ1n) is 4.63. The summed E-state index contributed by atoms with van der Waals surface area (Å²) in [7, 11) is 0. The van der Waals surface area contributed by atoms with Crippen molar-refractivity contribution in [2.45, 2.75) is 44.9 Å². The molecule has 12 heavy (non-hydrogen) atoms. The van der Waals surface area contributed by atoms with Crippen molar-refractivity contribution in [3.8, 4) is 0 Å². The Bertz CT molecular complexity index is 69.8. The summed E-state index contributed by atoms with van der Waals surface area (Å²) in [6.45, 7) is 0.660. The van der Waals surface area contributed by atoms with Crippen molar-refractivity contribution in [1.82, 2.24) is 0 Å². The van der Waals surface area contributed by atoms with Crippen molar-refractivity contribution in [3.05, 3.63) is 0 Å². The van der Waals surface area contributed by atoms with Crippen molar-refractivity contribution in [2.24, 2.45) is 0 Å². The van der Waals surface area contributed by atoms with E-state index in [1.807, 2.05) is 0 Å². The number of rotatable bonds is 8. The van der Waals surface area contributed by atoms with Crippen molar-refractivity contribution in [3.63, 3.8) is 0 Å². The van der Waals surface area contributed by atoms with Gasteiger partial charge in [-0.3, -0.25) is 0 Å². The molecule has 3 heteroatoms. The summed E-state index contributed by atoms with van der Waals surface area (Å²) in [5.41, 5.74) is 0. The minimum Gasteiger partial charge on any atom is -1.00 e. The Morgan fingerprint density at radius 1 is 0.583 bits per heavy atom. The summed E-state index contributed by atoms with van der Waals surface area (Å²) >= 11 is 0. The molecule has 0 saturated carbocycles. The maximum Gasteiger partial charge on any atom is 2.00 e. The first kappa shape index (κ1) is 15.6. The molecule has 0 rings (SSSR count). The second-order valence-electron chi connectivity index (χ2n) is 2.92. The Labute approximate surface area is 108 Å². The number of hydrogen-bond acceptors (Lipinski definition) is 2. The maximum absolute atomic E-state index is 8.47. The second kappa shape index (κ2) is 14.7. The molecule has 0 saturated heterocycles. The van der Waals surface area contributed by atoms with Gasteiger partial charge < -0.3 is 13.1 Å². The van der Waals surface area contributed by atoms with Crippen LogP contribution >= 0.6 is 0 Å². The van der Waals surface area contributed by atoms with Crippen LogP contribution in [0.4, 0.5) is 0 Å². The van der Waals surface area contributed by atoms with Gasteiger partial charge in [0, 0.05) is 13.2 Å². The smallest absolute Gasteiger partial charge is 1.00 e. The van der Waals surface area contributed by atoms with E-state index in [1.54, 1.807) is 0 Å². The molecular formula is C9H22CaO2. The third-order valence-corrected chi connectivity index (χ3v) is 1.82. The van der Waals surface area contributed by atoms with Crippen molar-refractivity contribution in [1.29, 1.82) is 0 Å². The molecule has 0 bridgehead atoms. The van der Waals surface area contributed by atoms with Gasteiger partial charge >= 0.3 is 37.7 Å². The second-order valence-corrected chi connectivity index (χ2v) is 2.92. The van der Waals surface area contributed by atoms with Gasteiger partial charge in [0.05, 0.1) is 0 Å². The third-order valence-electron chi connectivity index (χ3n) is 1.82. The van der Waals surface area contributed by atoms with Gasteiger partial charge in [0.25, 0.3) is 0 Å². The molecule has 2 N–H and O–H groups in total. The molecule has 0 heterocycles. The molecule has 0 radical (unpaired) electrons. The fraction of sp³-hybridized carbons (Fsp3) is 1.00. The van der Waals surface area contributed by atoms with Gasteiger partial charge in [0.2, 0.25) is 0 Å². The zero-order valence-corrected chi connectivity index (χ0v) is 10.2. The molecule has 0 aliphatic heterocycles. The monoisotopic (exact) mass is 202 g/mol. The molecule has 0 aliphatic rings. The molecule has 0 aromatic rings. The molecule has 0 atom stereocenters. The zero-order chi connectivity index (χ0) is 8.36. The Morgan fingerprint density at radius 2 is 0.833 bits per heavy atom. The molecule has 0 spiro atoms. The van der Waals surface area contributed by atoms with E-state index in [0.717, 1.165) is 25.7 Å². The van der Waals surface area contributed by atoms with Gasteiger partial charge in [-0.15, -0.1) is 0 Å². The average Bonchev–Trinajstić information content (AvgIpc) is 2.03. The molecule has 0 unspecified atom stereocenters. The van der Waals surface area contributed by atoms with Crippen LogP contribution < -0.4 is 0 Å². The first-order chi connectivity index (χ1) is 5.41. The van der Waals surface area contributed by atoms with Crippen molar-refractivity contribution < 1.29 is 13.1 Å². The molecule has 0 aromatic carbocycles. The van der Waals surface area contributed by atoms with Gasteiger partial charge in [0.1, 0.15) is 0 Å². The number of unbranched alkanes of at least 4 members (excludes halogenated alkanes) is 6. The van der Waals surface area contributed by atoms with Gasteiger partial charge in [0.15, 0.2) is 0 Å². The van der Waals surface area contributed by atoms with Crippen LogP contribution in [-0.4, -0.2) is 61.2 Å². The van der Waals surface area contributed by atoms with Crippen LogP contribution in [0, 0.1) is 0 Å². The Hall–Kier alpha value is 1.18. The summed E-state index contributed by atoms with van der Waals surface area (Å²) in [4.78, 5) is 0. The minimum atomic E-state index is 0. The van der Waals surface area contributed by atoms with E-state index in [1.165, 1.54) is 19.3 Å². The topological polar surface area (TPSA) is 40.5 Å². The van der Waals surface area contributed by atoms with E-state index < -0.39 is 0 Å². The summed E-state index contributed by atoms with van der Waals surface area (Å²) in [6.07, 6.45) is 7.89. The molecule has 72 valence electrons. The molecule has 0 amide bonds. The Balaban J connectivity index is -0.000000167. The standard InChI is InChI=1S/C9H20O2.Ca.2H/c10-8-6-4-2-1-3-5-7-9-11;;;/h10-11H,1-9H2;;;/q;+2;2*-1. The SMILES string of the molecule is OCCCCCCCCCO.[Ca+2].[H-].[H-]. The summed E-state index contributed by atoms with van der Waals surface area (Å²) in [5, 5.41) is 16.9. The third kappa shape index (κ3) is 13.7. The van der Waals surface area contributed by atoms with E-state index in [2.05, 4.69) is 0 Å². The predicted molar refractivity (Wildman–Crippen MR) is 54.5 cm³/mol. The van der Waals surface area contributed by atoms with Crippen LogP contribution in [0.25, 0.3) is 0 Å². The molecule has 0 aromatic heterocycles. The largest absolute Gasteiger partial charge is 2.00 e. The first-order valence-corrected chi connectivity index (χ1v) is 4.63. The van der Waals surface area contributed by atoms with Gasteiger partial charge in [-0.05, 0) is 12.8 Å². The van der Waals surface area contributed by atoms with Gasteiger partial charge in [-0.1, -0.05) is 32.1 Å². The summed E-state index contributed by atoms with van der Waals surface area (Å²) < 4.78 is 0. The minimum absolute atomic E-state index is 0. The van der Waals surface area contributed by atoms with E-state index in [9.17, 15) is 0 Å². The van der Waals surface area contributed by atoms with Crippen LogP contribution in [0.1, 0.15) is 47.8 Å². The Morgan fingerprint density at radius 3 is 1.08 bits per heavy atom. The molecule has 2 nitrogen and oxygen atoms in total. The number of aliphatic hydroxyl groups excluding tert-OH is 2.